The molecule has 0 saturated heterocycles. The number of hydrogen-bond donors (Lipinski definition) is 1. The summed E-state index contributed by atoms with van der Waals surface area (Å²) in [6.07, 6.45) is 1.54. The molecular weight excluding hydrogens is 496 g/mol. The highest BCUT2D eigenvalue weighted by Crippen LogP contribution is 2.37. The van der Waals surface area contributed by atoms with Crippen LogP contribution in [0.25, 0.3) is 11.0 Å². The van der Waals surface area contributed by atoms with Crippen molar-refractivity contribution in [3.05, 3.63) is 54.2 Å². The zero-order chi connectivity index (χ0) is 26.9. The van der Waals surface area contributed by atoms with Crippen LogP contribution in [-0.4, -0.2) is 55.4 Å². The van der Waals surface area contributed by atoms with Crippen LogP contribution in [0, 0.1) is 5.92 Å². The molecule has 37 heavy (non-hydrogen) atoms. The van der Waals surface area contributed by atoms with Gasteiger partial charge in [0, 0.05) is 17.6 Å². The van der Waals surface area contributed by atoms with Gasteiger partial charge in [-0.25, -0.2) is 8.42 Å². The van der Waals surface area contributed by atoms with Gasteiger partial charge in [0.2, 0.25) is 11.8 Å². The molecule has 0 radical (unpaired) electrons. The lowest BCUT2D eigenvalue weighted by molar-refractivity contribution is -0.130. The molecule has 2 aromatic carbocycles. The molecule has 1 aliphatic heterocycles. The van der Waals surface area contributed by atoms with Crippen LogP contribution in [0.2, 0.25) is 0 Å². The Labute approximate surface area is 215 Å². The molecule has 0 fully saturated rings. The first-order chi connectivity index (χ1) is 17.5. The fourth-order valence-corrected chi connectivity index (χ4v) is 5.03. The van der Waals surface area contributed by atoms with Crippen LogP contribution in [0.5, 0.6) is 0 Å². The standard InChI is InChI=1S/C26H30N4O6S/c1-5-16(2)25(32)27-24-17(3)30(23(31)15-37(4,34)35)21-12-8-7-11-20(21)29(26(24)33)14-19-18-10-6-9-13-22(18)36-28-19/h6-13,16-17,24H,5,14-15H2,1-4H3,(H,27,32)/t16-,17+,24+/m1/s1. The molecule has 3 atom stereocenters. The number of rotatable bonds is 7. The molecule has 3 aromatic rings. The van der Waals surface area contributed by atoms with Crippen molar-refractivity contribution in [3.8, 4) is 0 Å². The summed E-state index contributed by atoms with van der Waals surface area (Å²) in [4.78, 5) is 43.1. The molecule has 10 nitrogen and oxygen atoms in total. The first-order valence-corrected chi connectivity index (χ1v) is 14.1. The van der Waals surface area contributed by atoms with Gasteiger partial charge in [0.1, 0.15) is 17.5 Å². The summed E-state index contributed by atoms with van der Waals surface area (Å²) in [5, 5.41) is 7.71. The Balaban J connectivity index is 1.85. The minimum absolute atomic E-state index is 0.0173. The summed E-state index contributed by atoms with van der Waals surface area (Å²) in [6.45, 7) is 5.26. The van der Waals surface area contributed by atoms with Crippen molar-refractivity contribution in [1.29, 1.82) is 0 Å². The average molecular weight is 527 g/mol. The molecule has 11 heteroatoms. The molecule has 3 amide bonds. The quantitative estimate of drug-likeness (QED) is 0.501. The highest BCUT2D eigenvalue weighted by atomic mass is 32.2. The second-order valence-corrected chi connectivity index (χ2v) is 11.5. The molecule has 1 aliphatic rings. The Morgan fingerprint density at radius 1 is 1.11 bits per heavy atom. The SMILES string of the molecule is CC[C@@H](C)C(=O)N[C@@H]1C(=O)N(Cc2noc3ccccc23)c2ccccc2N(C(=O)CS(C)(=O)=O)[C@H]1C. The minimum atomic E-state index is -3.66. The Kier molecular flexibility index (Phi) is 7.35. The minimum Gasteiger partial charge on any atom is -0.356 e. The molecule has 0 saturated carbocycles. The Hall–Kier alpha value is -3.73. The van der Waals surface area contributed by atoms with Crippen molar-refractivity contribution < 1.29 is 27.3 Å². The van der Waals surface area contributed by atoms with Crippen LogP contribution in [-0.2, 0) is 30.8 Å². The molecule has 1 aromatic heterocycles. The molecule has 0 unspecified atom stereocenters. The predicted octanol–water partition coefficient (Wildman–Crippen LogP) is 2.67. The number of aromatic nitrogens is 1. The smallest absolute Gasteiger partial charge is 0.252 e. The van der Waals surface area contributed by atoms with Crippen LogP contribution in [0.4, 0.5) is 11.4 Å². The number of nitrogens with zero attached hydrogens (tertiary/aromatic N) is 3. The molecule has 4 rings (SSSR count). The largest absolute Gasteiger partial charge is 0.356 e. The number of fused-ring (bicyclic) bond motifs is 2. The predicted molar refractivity (Wildman–Crippen MR) is 140 cm³/mol. The number of carbonyl (C=O) groups is 3. The van der Waals surface area contributed by atoms with Crippen molar-refractivity contribution >= 4 is 49.9 Å². The lowest BCUT2D eigenvalue weighted by atomic mass is 10.0. The van der Waals surface area contributed by atoms with Gasteiger partial charge in [-0.05, 0) is 37.6 Å². The number of sulfone groups is 1. The first kappa shape index (κ1) is 26.3. The second-order valence-electron chi connectivity index (χ2n) is 9.41. The summed E-state index contributed by atoms with van der Waals surface area (Å²) in [5.41, 5.74) is 1.83. The van der Waals surface area contributed by atoms with Gasteiger partial charge in [-0.15, -0.1) is 0 Å². The van der Waals surface area contributed by atoms with E-state index >= 15 is 0 Å². The van der Waals surface area contributed by atoms with Gasteiger partial charge >= 0.3 is 0 Å². The van der Waals surface area contributed by atoms with Gasteiger partial charge < -0.3 is 19.6 Å². The van der Waals surface area contributed by atoms with E-state index in [2.05, 4.69) is 10.5 Å². The van der Waals surface area contributed by atoms with Gasteiger partial charge in [-0.1, -0.05) is 43.3 Å². The summed E-state index contributed by atoms with van der Waals surface area (Å²) >= 11 is 0. The maximum Gasteiger partial charge on any atom is 0.252 e. The topological polar surface area (TPSA) is 130 Å². The number of anilines is 2. The lowest BCUT2D eigenvalue weighted by Crippen LogP contribution is -2.59. The van der Waals surface area contributed by atoms with Gasteiger partial charge in [0.05, 0.1) is 24.0 Å². The third-order valence-corrected chi connectivity index (χ3v) is 7.40. The van der Waals surface area contributed by atoms with Crippen molar-refractivity contribution in [2.45, 2.75) is 45.8 Å². The summed E-state index contributed by atoms with van der Waals surface area (Å²) in [5.74, 6) is -2.57. The average Bonchev–Trinajstić information content (AvgIpc) is 3.23. The van der Waals surface area contributed by atoms with E-state index < -0.39 is 39.5 Å². The third kappa shape index (κ3) is 5.36. The molecule has 2 heterocycles. The highest BCUT2D eigenvalue weighted by Gasteiger charge is 2.43. The zero-order valence-corrected chi connectivity index (χ0v) is 22.0. The fraction of sp³-hybridized carbons (Fsp3) is 0.385. The molecular formula is C26H30N4O6S. The number of amides is 3. The number of para-hydroxylation sites is 3. The van der Waals surface area contributed by atoms with Crippen LogP contribution in [0.3, 0.4) is 0 Å². The van der Waals surface area contributed by atoms with Gasteiger partial charge in [0.15, 0.2) is 15.4 Å². The summed E-state index contributed by atoms with van der Waals surface area (Å²) in [7, 11) is -3.66. The lowest BCUT2D eigenvalue weighted by Gasteiger charge is -2.32. The maximum absolute atomic E-state index is 14.1. The molecule has 0 spiro atoms. The normalized spacial score (nSPS) is 18.9. The van der Waals surface area contributed by atoms with Crippen LogP contribution < -0.4 is 15.1 Å². The maximum atomic E-state index is 14.1. The number of nitrogens with one attached hydrogen (secondary N) is 1. The van der Waals surface area contributed by atoms with Gasteiger partial charge in [-0.3, -0.25) is 14.4 Å². The Morgan fingerprint density at radius 2 is 1.76 bits per heavy atom. The van der Waals surface area contributed by atoms with E-state index in [1.807, 2.05) is 25.1 Å². The second kappa shape index (κ2) is 10.3. The van der Waals surface area contributed by atoms with E-state index in [1.165, 1.54) is 9.80 Å². The van der Waals surface area contributed by atoms with E-state index in [9.17, 15) is 22.8 Å². The Morgan fingerprint density at radius 3 is 2.43 bits per heavy atom. The first-order valence-electron chi connectivity index (χ1n) is 12.1. The van der Waals surface area contributed by atoms with E-state index in [0.29, 0.717) is 29.1 Å². The Bertz CT molecular complexity index is 1450. The number of hydrogen-bond acceptors (Lipinski definition) is 7. The summed E-state index contributed by atoms with van der Waals surface area (Å²) in [6, 6.07) is 12.0. The molecule has 0 aliphatic carbocycles. The van der Waals surface area contributed by atoms with E-state index in [0.717, 1.165) is 11.6 Å². The number of benzene rings is 2. The van der Waals surface area contributed by atoms with E-state index in [-0.39, 0.29) is 18.4 Å². The molecule has 1 N–H and O–H groups in total. The van der Waals surface area contributed by atoms with E-state index in [1.54, 1.807) is 44.2 Å². The van der Waals surface area contributed by atoms with E-state index in [4.69, 9.17) is 4.52 Å². The van der Waals surface area contributed by atoms with Crippen molar-refractivity contribution in [3.63, 3.8) is 0 Å². The monoisotopic (exact) mass is 526 g/mol. The number of carbonyl (C=O) groups excluding carboxylic acids is 3. The summed E-state index contributed by atoms with van der Waals surface area (Å²) < 4.78 is 29.5. The third-order valence-electron chi connectivity index (χ3n) is 6.63. The van der Waals surface area contributed by atoms with Crippen molar-refractivity contribution in [2.75, 3.05) is 21.8 Å². The molecule has 196 valence electrons. The van der Waals surface area contributed by atoms with Crippen molar-refractivity contribution in [1.82, 2.24) is 10.5 Å². The van der Waals surface area contributed by atoms with Gasteiger partial charge in [0.25, 0.3) is 5.91 Å². The fourth-order valence-electron chi connectivity index (χ4n) is 4.44. The van der Waals surface area contributed by atoms with Crippen LogP contribution >= 0.6 is 0 Å². The highest BCUT2D eigenvalue weighted by molar-refractivity contribution is 7.91. The zero-order valence-electron chi connectivity index (χ0n) is 21.2. The van der Waals surface area contributed by atoms with Crippen LogP contribution in [0.1, 0.15) is 32.9 Å². The van der Waals surface area contributed by atoms with Gasteiger partial charge in [-0.2, -0.15) is 0 Å². The molecule has 0 bridgehead atoms. The van der Waals surface area contributed by atoms with Crippen molar-refractivity contribution in [2.24, 2.45) is 5.92 Å². The van der Waals surface area contributed by atoms with Crippen LogP contribution in [0.15, 0.2) is 53.1 Å².